The zero-order valence-corrected chi connectivity index (χ0v) is 7.25. The van der Waals surface area contributed by atoms with Gasteiger partial charge in [0, 0.05) is 12.9 Å². The molecule has 0 amide bonds. The van der Waals surface area contributed by atoms with Crippen LogP contribution >= 0.6 is 12.9 Å². The van der Waals surface area contributed by atoms with E-state index in [2.05, 4.69) is 23.7 Å². The fraction of sp³-hybridized carbons (Fsp3) is 0. The van der Waals surface area contributed by atoms with E-state index in [1.807, 2.05) is 18.2 Å². The molecule has 0 atom stereocenters. The van der Waals surface area contributed by atoms with E-state index in [1.165, 1.54) is 0 Å². The molecule has 0 aliphatic heterocycles. The van der Waals surface area contributed by atoms with Crippen molar-refractivity contribution in [2.45, 2.75) is 0 Å². The summed E-state index contributed by atoms with van der Waals surface area (Å²) < 4.78 is 4.22. The third-order valence-electron chi connectivity index (χ3n) is 1.45. The van der Waals surface area contributed by atoms with Gasteiger partial charge >= 0.3 is 5.97 Å². The van der Waals surface area contributed by atoms with Crippen LogP contribution in [0.1, 0.15) is 5.56 Å². The normalized spacial score (nSPS) is 9.08. The largest absolute Gasteiger partial charge is 0.391 e. The number of benzene rings is 1. The number of carbonyl (C=O) groups excluding carboxylic acids is 1. The predicted molar refractivity (Wildman–Crippen MR) is 50.6 cm³/mol. The number of hydrogen-bond acceptors (Lipinski definition) is 3. The molecular formula is C9H8O2S. The van der Waals surface area contributed by atoms with E-state index in [9.17, 15) is 4.79 Å². The summed E-state index contributed by atoms with van der Waals surface area (Å²) >= 11 is 3.39. The molecule has 0 aromatic heterocycles. The lowest BCUT2D eigenvalue weighted by molar-refractivity contribution is -0.126. The van der Waals surface area contributed by atoms with Crippen molar-refractivity contribution >= 4 is 24.5 Å². The van der Waals surface area contributed by atoms with Gasteiger partial charge in [0.1, 0.15) is 0 Å². The van der Waals surface area contributed by atoms with Crippen LogP contribution in [0.25, 0.3) is 5.57 Å². The van der Waals surface area contributed by atoms with Gasteiger partial charge < -0.3 is 4.18 Å². The van der Waals surface area contributed by atoms with Crippen LogP contribution in [0.2, 0.25) is 0 Å². The van der Waals surface area contributed by atoms with Crippen molar-refractivity contribution in [1.82, 2.24) is 0 Å². The Morgan fingerprint density at radius 1 is 1.33 bits per heavy atom. The Kier molecular flexibility index (Phi) is 2.94. The molecule has 0 saturated heterocycles. The average Bonchev–Trinajstić information content (AvgIpc) is 2.17. The molecule has 1 aromatic carbocycles. The lowest BCUT2D eigenvalue weighted by Crippen LogP contribution is -1.99. The first-order valence-electron chi connectivity index (χ1n) is 3.36. The van der Waals surface area contributed by atoms with Gasteiger partial charge in [0.2, 0.25) is 0 Å². The van der Waals surface area contributed by atoms with Crippen LogP contribution in [0, 0.1) is 0 Å². The van der Waals surface area contributed by atoms with E-state index >= 15 is 0 Å². The van der Waals surface area contributed by atoms with E-state index in [4.69, 9.17) is 0 Å². The summed E-state index contributed by atoms with van der Waals surface area (Å²) in [6, 6.07) is 9.08. The predicted octanol–water partition coefficient (Wildman–Crippen LogP) is 2.09. The Balaban J connectivity index is 2.86. The molecular weight excluding hydrogens is 172 g/mol. The van der Waals surface area contributed by atoms with E-state index in [0.29, 0.717) is 5.57 Å². The summed E-state index contributed by atoms with van der Waals surface area (Å²) in [5, 5.41) is 0. The smallest absolute Gasteiger partial charge is 0.349 e. The second-order valence-corrected chi connectivity index (χ2v) is 2.41. The Morgan fingerprint density at radius 2 is 1.92 bits per heavy atom. The number of hydrogen-bond donors (Lipinski definition) is 1. The van der Waals surface area contributed by atoms with Crippen molar-refractivity contribution in [3.63, 3.8) is 0 Å². The molecule has 0 aliphatic carbocycles. The molecule has 0 N–H and O–H groups in total. The van der Waals surface area contributed by atoms with E-state index in [1.54, 1.807) is 12.1 Å². The quantitative estimate of drug-likeness (QED) is 0.428. The molecule has 0 unspecified atom stereocenters. The highest BCUT2D eigenvalue weighted by Gasteiger charge is 2.08. The number of rotatable bonds is 2. The third-order valence-corrected chi connectivity index (χ3v) is 1.62. The zero-order valence-electron chi connectivity index (χ0n) is 6.36. The first kappa shape index (κ1) is 8.87. The highest BCUT2D eigenvalue weighted by atomic mass is 32.1. The maximum atomic E-state index is 10.9. The monoisotopic (exact) mass is 180 g/mol. The molecule has 0 spiro atoms. The Hall–Kier alpha value is -1.22. The lowest BCUT2D eigenvalue weighted by Gasteiger charge is -2.00. The Labute approximate surface area is 76.5 Å². The van der Waals surface area contributed by atoms with E-state index in [0.717, 1.165) is 5.56 Å². The van der Waals surface area contributed by atoms with Crippen molar-refractivity contribution in [2.75, 3.05) is 0 Å². The van der Waals surface area contributed by atoms with Crippen molar-refractivity contribution in [3.8, 4) is 0 Å². The fourth-order valence-corrected chi connectivity index (χ4v) is 0.922. The molecule has 0 bridgehead atoms. The Morgan fingerprint density at radius 3 is 2.42 bits per heavy atom. The zero-order chi connectivity index (χ0) is 8.97. The Bertz CT molecular complexity index is 293. The summed E-state index contributed by atoms with van der Waals surface area (Å²) in [7, 11) is 0. The van der Waals surface area contributed by atoms with Gasteiger partial charge in [0.15, 0.2) is 0 Å². The first-order valence-corrected chi connectivity index (χ1v) is 3.72. The van der Waals surface area contributed by atoms with Gasteiger partial charge in [-0.3, -0.25) is 0 Å². The van der Waals surface area contributed by atoms with Crippen molar-refractivity contribution in [2.24, 2.45) is 0 Å². The second kappa shape index (κ2) is 3.97. The number of carbonyl (C=O) groups is 1. The summed E-state index contributed by atoms with van der Waals surface area (Å²) in [5.41, 5.74) is 1.06. The average molecular weight is 180 g/mol. The fourth-order valence-electron chi connectivity index (χ4n) is 0.812. The molecule has 0 fully saturated rings. The molecule has 1 rings (SSSR count). The molecule has 12 heavy (non-hydrogen) atoms. The number of thiol groups is 1. The maximum absolute atomic E-state index is 10.9. The molecule has 0 saturated carbocycles. The van der Waals surface area contributed by atoms with Crippen molar-refractivity contribution < 1.29 is 8.98 Å². The summed E-state index contributed by atoms with van der Waals surface area (Å²) in [6.45, 7) is 3.57. The van der Waals surface area contributed by atoms with Gasteiger partial charge in [0.25, 0.3) is 0 Å². The van der Waals surface area contributed by atoms with E-state index in [-0.39, 0.29) is 0 Å². The second-order valence-electron chi connectivity index (χ2n) is 2.22. The first-order chi connectivity index (χ1) is 5.75. The molecule has 2 nitrogen and oxygen atoms in total. The molecule has 1 aromatic rings. The van der Waals surface area contributed by atoms with Crippen LogP contribution in [-0.2, 0) is 8.98 Å². The minimum Gasteiger partial charge on any atom is -0.391 e. The van der Waals surface area contributed by atoms with Gasteiger partial charge in [0.05, 0.1) is 5.57 Å². The van der Waals surface area contributed by atoms with Crippen LogP contribution in [0.5, 0.6) is 0 Å². The SMILES string of the molecule is C=C(C(=O)OS)c1ccccc1. The minimum atomic E-state index is -0.524. The molecule has 0 aliphatic rings. The molecule has 0 heterocycles. The topological polar surface area (TPSA) is 26.3 Å². The van der Waals surface area contributed by atoms with Crippen molar-refractivity contribution in [3.05, 3.63) is 42.5 Å². The van der Waals surface area contributed by atoms with Crippen LogP contribution in [-0.4, -0.2) is 5.97 Å². The summed E-state index contributed by atoms with van der Waals surface area (Å²) in [4.78, 5) is 10.9. The van der Waals surface area contributed by atoms with Crippen LogP contribution < -0.4 is 0 Å². The van der Waals surface area contributed by atoms with Gasteiger partial charge in [-0.1, -0.05) is 36.9 Å². The summed E-state index contributed by atoms with van der Waals surface area (Å²) in [5.74, 6) is -0.524. The third kappa shape index (κ3) is 1.89. The standard InChI is InChI=1S/C9H8O2S/c1-7(9(10)11-12)8-5-3-2-4-6-8/h2-6,12H,1H2. The van der Waals surface area contributed by atoms with Crippen LogP contribution in [0.15, 0.2) is 36.9 Å². The van der Waals surface area contributed by atoms with Crippen LogP contribution in [0.4, 0.5) is 0 Å². The molecule has 3 heteroatoms. The highest BCUT2D eigenvalue weighted by Crippen LogP contribution is 2.13. The maximum Gasteiger partial charge on any atom is 0.349 e. The minimum absolute atomic E-state index is 0.311. The molecule has 62 valence electrons. The lowest BCUT2D eigenvalue weighted by atomic mass is 10.1. The highest BCUT2D eigenvalue weighted by molar-refractivity contribution is 7.75. The van der Waals surface area contributed by atoms with Crippen LogP contribution in [0.3, 0.4) is 0 Å². The van der Waals surface area contributed by atoms with Gasteiger partial charge in [-0.25, -0.2) is 4.79 Å². The summed E-state index contributed by atoms with van der Waals surface area (Å²) in [6.07, 6.45) is 0. The van der Waals surface area contributed by atoms with Crippen molar-refractivity contribution in [1.29, 1.82) is 0 Å². The van der Waals surface area contributed by atoms with Gasteiger partial charge in [-0.2, -0.15) is 0 Å². The van der Waals surface area contributed by atoms with Gasteiger partial charge in [-0.15, -0.1) is 0 Å². The van der Waals surface area contributed by atoms with E-state index < -0.39 is 5.97 Å². The van der Waals surface area contributed by atoms with Gasteiger partial charge in [-0.05, 0) is 5.56 Å². The molecule has 0 radical (unpaired) electrons.